The minimum absolute atomic E-state index is 0.0359. The van der Waals surface area contributed by atoms with Gasteiger partial charge >= 0.3 is 0 Å². The first kappa shape index (κ1) is 17.4. The molecule has 0 radical (unpaired) electrons. The highest BCUT2D eigenvalue weighted by Crippen LogP contribution is 2.23. The highest BCUT2D eigenvalue weighted by molar-refractivity contribution is 6.33. The Morgan fingerprint density at radius 2 is 2.00 bits per heavy atom. The van der Waals surface area contributed by atoms with Crippen molar-refractivity contribution >= 4 is 17.5 Å². The van der Waals surface area contributed by atoms with Crippen molar-refractivity contribution in [2.75, 3.05) is 6.54 Å². The van der Waals surface area contributed by atoms with Gasteiger partial charge in [0.05, 0.1) is 23.0 Å². The Morgan fingerprint density at radius 1 is 1.39 bits per heavy atom. The lowest BCUT2D eigenvalue weighted by Crippen LogP contribution is -2.35. The molecule has 124 valence electrons. The molecule has 2 N–H and O–H groups in total. The zero-order chi connectivity index (χ0) is 17.1. The predicted molar refractivity (Wildman–Crippen MR) is 86.4 cm³/mol. The van der Waals surface area contributed by atoms with Crippen LogP contribution in [0.15, 0.2) is 24.3 Å². The van der Waals surface area contributed by atoms with Gasteiger partial charge in [-0.2, -0.15) is 5.10 Å². The number of aliphatic hydroxyl groups excluding tert-OH is 1. The van der Waals surface area contributed by atoms with Gasteiger partial charge < -0.3 is 10.4 Å². The van der Waals surface area contributed by atoms with E-state index in [1.165, 1.54) is 28.9 Å². The molecule has 0 bridgehead atoms. The molecule has 1 aromatic heterocycles. The van der Waals surface area contributed by atoms with Gasteiger partial charge in [-0.1, -0.05) is 25.4 Å². The number of hydrogen-bond acceptors (Lipinski definition) is 3. The number of nitrogens with one attached hydrogen (secondary N) is 1. The van der Waals surface area contributed by atoms with Crippen LogP contribution in [0.4, 0.5) is 4.39 Å². The van der Waals surface area contributed by atoms with Crippen LogP contribution in [0, 0.1) is 18.7 Å². The van der Waals surface area contributed by atoms with Gasteiger partial charge in [-0.25, -0.2) is 9.07 Å². The van der Waals surface area contributed by atoms with Crippen LogP contribution < -0.4 is 5.32 Å². The van der Waals surface area contributed by atoms with Gasteiger partial charge in [0.1, 0.15) is 11.0 Å². The number of nitrogens with zero attached hydrogens (tertiary/aromatic N) is 2. The molecule has 1 atom stereocenters. The van der Waals surface area contributed by atoms with E-state index >= 15 is 0 Å². The number of benzene rings is 1. The lowest BCUT2D eigenvalue weighted by molar-refractivity contribution is 0.0871. The SMILES string of the molecule is Cc1nn(-c2ccc(F)cc2)c(Cl)c1C(=O)NCC(O)C(C)C. The fourth-order valence-electron chi connectivity index (χ4n) is 2.03. The van der Waals surface area contributed by atoms with E-state index < -0.39 is 12.0 Å². The van der Waals surface area contributed by atoms with E-state index in [0.29, 0.717) is 11.4 Å². The normalized spacial score (nSPS) is 12.5. The van der Waals surface area contributed by atoms with Crippen molar-refractivity contribution in [3.63, 3.8) is 0 Å². The first-order valence-electron chi connectivity index (χ1n) is 7.28. The van der Waals surface area contributed by atoms with Crippen molar-refractivity contribution in [1.82, 2.24) is 15.1 Å². The molecule has 23 heavy (non-hydrogen) atoms. The summed E-state index contributed by atoms with van der Waals surface area (Å²) in [4.78, 5) is 12.3. The Morgan fingerprint density at radius 3 is 2.57 bits per heavy atom. The molecule has 2 rings (SSSR count). The second-order valence-electron chi connectivity index (χ2n) is 5.66. The predicted octanol–water partition coefficient (Wildman–Crippen LogP) is 2.72. The van der Waals surface area contributed by atoms with Crippen LogP contribution in [0.5, 0.6) is 0 Å². The molecule has 7 heteroatoms. The molecular formula is C16H19ClFN3O2. The summed E-state index contributed by atoms with van der Waals surface area (Å²) in [5.41, 5.74) is 1.25. The molecule has 0 saturated heterocycles. The van der Waals surface area contributed by atoms with Gasteiger partial charge in [-0.05, 0) is 37.1 Å². The van der Waals surface area contributed by atoms with Crippen molar-refractivity contribution < 1.29 is 14.3 Å². The van der Waals surface area contributed by atoms with E-state index in [-0.39, 0.29) is 29.0 Å². The Kier molecular flexibility index (Phi) is 5.38. The zero-order valence-corrected chi connectivity index (χ0v) is 13.9. The average Bonchev–Trinajstić information content (AvgIpc) is 2.80. The first-order chi connectivity index (χ1) is 10.8. The van der Waals surface area contributed by atoms with Crippen molar-refractivity contribution in [2.45, 2.75) is 26.9 Å². The molecular weight excluding hydrogens is 321 g/mol. The standard InChI is InChI=1S/C16H19ClFN3O2/c1-9(2)13(22)8-19-16(23)14-10(3)20-21(15(14)17)12-6-4-11(18)5-7-12/h4-7,9,13,22H,8H2,1-3H3,(H,19,23). The van der Waals surface area contributed by atoms with Crippen LogP contribution in [-0.2, 0) is 0 Å². The second-order valence-corrected chi connectivity index (χ2v) is 6.02. The van der Waals surface area contributed by atoms with Gasteiger partial charge in [-0.3, -0.25) is 4.79 Å². The smallest absolute Gasteiger partial charge is 0.256 e. The molecule has 1 aromatic carbocycles. The van der Waals surface area contributed by atoms with Crippen LogP contribution in [-0.4, -0.2) is 33.4 Å². The van der Waals surface area contributed by atoms with Gasteiger partial charge in [0.2, 0.25) is 0 Å². The van der Waals surface area contributed by atoms with Crippen LogP contribution in [0.3, 0.4) is 0 Å². The summed E-state index contributed by atoms with van der Waals surface area (Å²) in [5.74, 6) is -0.733. The van der Waals surface area contributed by atoms with Gasteiger partial charge in [0.25, 0.3) is 5.91 Å². The Labute approximate surface area is 139 Å². The minimum atomic E-state index is -0.634. The van der Waals surface area contributed by atoms with Gasteiger partial charge in [0.15, 0.2) is 0 Å². The Hall–Kier alpha value is -1.92. The third-order valence-electron chi connectivity index (χ3n) is 3.54. The topological polar surface area (TPSA) is 67.2 Å². The third-order valence-corrected chi connectivity index (χ3v) is 3.89. The highest BCUT2D eigenvalue weighted by atomic mass is 35.5. The number of aryl methyl sites for hydroxylation is 1. The summed E-state index contributed by atoms with van der Waals surface area (Å²) >= 11 is 6.26. The summed E-state index contributed by atoms with van der Waals surface area (Å²) in [6, 6.07) is 5.64. The number of aromatic nitrogens is 2. The van der Waals surface area contributed by atoms with E-state index in [1.54, 1.807) is 6.92 Å². The quantitative estimate of drug-likeness (QED) is 0.880. The summed E-state index contributed by atoms with van der Waals surface area (Å²) in [6.07, 6.45) is -0.634. The molecule has 0 aliphatic carbocycles. The zero-order valence-electron chi connectivity index (χ0n) is 13.2. The number of hydrogen-bond donors (Lipinski definition) is 2. The Balaban J connectivity index is 2.23. The van der Waals surface area contributed by atoms with Crippen LogP contribution in [0.2, 0.25) is 5.15 Å². The Bertz CT molecular complexity index is 698. The van der Waals surface area contributed by atoms with Crippen LogP contribution in [0.25, 0.3) is 5.69 Å². The van der Waals surface area contributed by atoms with Crippen molar-refractivity contribution in [3.05, 3.63) is 46.5 Å². The fourth-order valence-corrected chi connectivity index (χ4v) is 2.39. The van der Waals surface area contributed by atoms with E-state index in [9.17, 15) is 14.3 Å². The van der Waals surface area contributed by atoms with Gasteiger partial charge in [0, 0.05) is 6.54 Å². The molecule has 1 amide bonds. The van der Waals surface area contributed by atoms with Gasteiger partial charge in [-0.15, -0.1) is 0 Å². The number of aliphatic hydroxyl groups is 1. The highest BCUT2D eigenvalue weighted by Gasteiger charge is 2.22. The van der Waals surface area contributed by atoms with Crippen LogP contribution in [0.1, 0.15) is 29.9 Å². The van der Waals surface area contributed by atoms with E-state index in [1.807, 2.05) is 13.8 Å². The molecule has 0 saturated carbocycles. The summed E-state index contributed by atoms with van der Waals surface area (Å²) < 4.78 is 14.4. The van der Waals surface area contributed by atoms with Crippen molar-refractivity contribution in [2.24, 2.45) is 5.92 Å². The fraction of sp³-hybridized carbons (Fsp3) is 0.375. The lowest BCUT2D eigenvalue weighted by Gasteiger charge is -2.14. The third kappa shape index (κ3) is 3.89. The number of rotatable bonds is 5. The maximum atomic E-state index is 13.0. The average molecular weight is 340 g/mol. The monoisotopic (exact) mass is 339 g/mol. The maximum absolute atomic E-state index is 13.0. The number of halogens is 2. The lowest BCUT2D eigenvalue weighted by atomic mass is 10.1. The minimum Gasteiger partial charge on any atom is -0.391 e. The molecule has 1 heterocycles. The second kappa shape index (κ2) is 7.10. The molecule has 0 spiro atoms. The first-order valence-corrected chi connectivity index (χ1v) is 7.66. The molecule has 0 aliphatic rings. The van der Waals surface area contributed by atoms with E-state index in [0.717, 1.165) is 0 Å². The number of amides is 1. The number of carbonyl (C=O) groups excluding carboxylic acids is 1. The number of carbonyl (C=O) groups is 1. The maximum Gasteiger partial charge on any atom is 0.256 e. The summed E-state index contributed by atoms with van der Waals surface area (Å²) in [5, 5.41) is 16.8. The summed E-state index contributed by atoms with van der Waals surface area (Å²) in [7, 11) is 0. The van der Waals surface area contributed by atoms with Crippen LogP contribution >= 0.6 is 11.6 Å². The van der Waals surface area contributed by atoms with E-state index in [2.05, 4.69) is 10.4 Å². The molecule has 2 aromatic rings. The molecule has 0 aliphatic heterocycles. The van der Waals surface area contributed by atoms with Crippen molar-refractivity contribution in [1.29, 1.82) is 0 Å². The summed E-state index contributed by atoms with van der Waals surface area (Å²) in [6.45, 7) is 5.52. The molecule has 0 fully saturated rings. The van der Waals surface area contributed by atoms with Crippen molar-refractivity contribution in [3.8, 4) is 5.69 Å². The largest absolute Gasteiger partial charge is 0.391 e. The molecule has 5 nitrogen and oxygen atoms in total. The van der Waals surface area contributed by atoms with E-state index in [4.69, 9.17) is 11.6 Å². The molecule has 1 unspecified atom stereocenters.